The van der Waals surface area contributed by atoms with Gasteiger partial charge < -0.3 is 4.90 Å². The molecule has 0 aliphatic rings. The van der Waals surface area contributed by atoms with Crippen LogP contribution in [0.15, 0.2) is 36.4 Å². The number of nitro groups is 1. The molecule has 0 fully saturated rings. The number of hydrogen-bond acceptors (Lipinski definition) is 6. The van der Waals surface area contributed by atoms with Gasteiger partial charge in [0.2, 0.25) is 0 Å². The van der Waals surface area contributed by atoms with Crippen molar-refractivity contribution in [1.82, 2.24) is 9.88 Å². The normalized spacial score (nSPS) is 10.8. The van der Waals surface area contributed by atoms with Crippen molar-refractivity contribution in [2.24, 2.45) is 0 Å². The molecule has 0 saturated heterocycles. The SMILES string of the molecule is Cc1c(C(=O)N(CCCN(C)C)c2nc3c(F)cccc3s2)cccc1[N+](=O)[O-].Cl. The number of carbonyl (C=O) groups is 1. The minimum atomic E-state index is -0.504. The zero-order valence-corrected chi connectivity index (χ0v) is 18.4. The number of thiazole rings is 1. The van der Waals surface area contributed by atoms with Crippen molar-refractivity contribution in [1.29, 1.82) is 0 Å². The third-order valence-corrected chi connectivity index (χ3v) is 5.60. The lowest BCUT2D eigenvalue weighted by molar-refractivity contribution is -0.385. The van der Waals surface area contributed by atoms with Gasteiger partial charge in [-0.15, -0.1) is 12.4 Å². The number of aromatic nitrogens is 1. The van der Waals surface area contributed by atoms with E-state index in [2.05, 4.69) is 4.98 Å². The predicted octanol–water partition coefficient (Wildman–Crippen LogP) is 4.67. The molecule has 0 unspecified atom stereocenters. The Labute approximate surface area is 183 Å². The number of para-hydroxylation sites is 1. The Bertz CT molecular complexity index is 1070. The smallest absolute Gasteiger partial charge is 0.273 e. The van der Waals surface area contributed by atoms with Crippen LogP contribution in [-0.2, 0) is 0 Å². The number of amides is 1. The highest BCUT2D eigenvalue weighted by Gasteiger charge is 2.26. The number of rotatable bonds is 7. The summed E-state index contributed by atoms with van der Waals surface area (Å²) in [6.07, 6.45) is 0.672. The monoisotopic (exact) mass is 452 g/mol. The number of hydrogen-bond donors (Lipinski definition) is 0. The van der Waals surface area contributed by atoms with E-state index in [1.807, 2.05) is 19.0 Å². The molecule has 0 saturated carbocycles. The average Bonchev–Trinajstić information content (AvgIpc) is 3.10. The molecule has 1 heterocycles. The first-order chi connectivity index (χ1) is 13.8. The second kappa shape index (κ2) is 9.92. The van der Waals surface area contributed by atoms with Crippen molar-refractivity contribution in [3.63, 3.8) is 0 Å². The molecule has 0 aliphatic heterocycles. The van der Waals surface area contributed by atoms with E-state index in [-0.39, 0.29) is 35.1 Å². The topological polar surface area (TPSA) is 79.6 Å². The third kappa shape index (κ3) is 4.92. The number of nitro benzene ring substituents is 1. The van der Waals surface area contributed by atoms with Gasteiger partial charge in [0.15, 0.2) is 5.13 Å². The highest BCUT2D eigenvalue weighted by Crippen LogP contribution is 2.32. The molecule has 0 radical (unpaired) electrons. The molecule has 0 aliphatic carbocycles. The second-order valence-electron chi connectivity index (χ2n) is 6.90. The Morgan fingerprint density at radius 3 is 2.53 bits per heavy atom. The van der Waals surface area contributed by atoms with Gasteiger partial charge in [0, 0.05) is 23.7 Å². The summed E-state index contributed by atoms with van der Waals surface area (Å²) >= 11 is 1.22. The first-order valence-corrected chi connectivity index (χ1v) is 9.87. The highest BCUT2D eigenvalue weighted by molar-refractivity contribution is 7.22. The van der Waals surface area contributed by atoms with Crippen molar-refractivity contribution < 1.29 is 14.1 Å². The molecular formula is C20H22ClFN4O3S. The van der Waals surface area contributed by atoms with E-state index in [9.17, 15) is 19.3 Å². The summed E-state index contributed by atoms with van der Waals surface area (Å²) in [4.78, 5) is 31.9. The summed E-state index contributed by atoms with van der Waals surface area (Å²) in [6.45, 7) is 2.67. The third-order valence-electron chi connectivity index (χ3n) is 4.55. The van der Waals surface area contributed by atoms with Crippen LogP contribution in [0, 0.1) is 22.9 Å². The van der Waals surface area contributed by atoms with E-state index >= 15 is 0 Å². The van der Waals surface area contributed by atoms with E-state index in [0.29, 0.717) is 28.4 Å². The van der Waals surface area contributed by atoms with Crippen LogP contribution in [0.2, 0.25) is 0 Å². The zero-order chi connectivity index (χ0) is 21.1. The Morgan fingerprint density at radius 2 is 1.90 bits per heavy atom. The average molecular weight is 453 g/mol. The van der Waals surface area contributed by atoms with Gasteiger partial charge in [-0.2, -0.15) is 0 Å². The van der Waals surface area contributed by atoms with Crippen molar-refractivity contribution in [3.05, 3.63) is 63.5 Å². The molecule has 1 amide bonds. The Hall–Kier alpha value is -2.62. The van der Waals surface area contributed by atoms with Crippen LogP contribution in [0.3, 0.4) is 0 Å². The summed E-state index contributed by atoms with van der Waals surface area (Å²) in [5.41, 5.74) is 0.643. The maximum absolute atomic E-state index is 14.1. The fourth-order valence-corrected chi connectivity index (χ4v) is 4.05. The number of carbonyl (C=O) groups excluding carboxylic acids is 1. The van der Waals surface area contributed by atoms with Crippen LogP contribution in [0.4, 0.5) is 15.2 Å². The molecule has 160 valence electrons. The van der Waals surface area contributed by atoms with Gasteiger partial charge in [-0.25, -0.2) is 9.37 Å². The van der Waals surface area contributed by atoms with Crippen LogP contribution in [0.5, 0.6) is 0 Å². The molecule has 0 N–H and O–H groups in total. The lowest BCUT2D eigenvalue weighted by Crippen LogP contribution is -2.34. The largest absolute Gasteiger partial charge is 0.309 e. The van der Waals surface area contributed by atoms with E-state index in [1.54, 1.807) is 25.1 Å². The fraction of sp³-hybridized carbons (Fsp3) is 0.300. The molecule has 1 aromatic heterocycles. The van der Waals surface area contributed by atoms with Gasteiger partial charge in [-0.3, -0.25) is 19.8 Å². The summed E-state index contributed by atoms with van der Waals surface area (Å²) in [5, 5.41) is 11.6. The Morgan fingerprint density at radius 1 is 1.20 bits per heavy atom. The first-order valence-electron chi connectivity index (χ1n) is 9.05. The van der Waals surface area contributed by atoms with Crippen LogP contribution < -0.4 is 4.90 Å². The molecule has 0 atom stereocenters. The first kappa shape index (κ1) is 23.7. The summed E-state index contributed by atoms with van der Waals surface area (Å²) in [7, 11) is 3.87. The standard InChI is InChI=1S/C20H21FN4O3S.ClH/c1-13-14(7-4-9-16(13)25(27)28)19(26)24(12-6-11-23(2)3)20-22-18-15(21)8-5-10-17(18)29-20;/h4-5,7-10H,6,11-12H2,1-3H3;1H. The van der Waals surface area contributed by atoms with Crippen molar-refractivity contribution in [2.45, 2.75) is 13.3 Å². The molecule has 0 bridgehead atoms. The van der Waals surface area contributed by atoms with E-state index in [0.717, 1.165) is 6.54 Å². The van der Waals surface area contributed by atoms with E-state index in [4.69, 9.17) is 0 Å². The molecular weight excluding hydrogens is 431 g/mol. The minimum Gasteiger partial charge on any atom is -0.309 e. The van der Waals surface area contributed by atoms with Gasteiger partial charge in [-0.05, 0) is 52.2 Å². The van der Waals surface area contributed by atoms with E-state index < -0.39 is 10.7 Å². The van der Waals surface area contributed by atoms with Crippen LogP contribution in [0.25, 0.3) is 10.2 Å². The maximum Gasteiger partial charge on any atom is 0.273 e. The van der Waals surface area contributed by atoms with Crippen LogP contribution in [-0.4, -0.2) is 47.9 Å². The minimum absolute atomic E-state index is 0. The summed E-state index contributed by atoms with van der Waals surface area (Å²) in [6, 6.07) is 9.11. The van der Waals surface area contributed by atoms with Crippen molar-refractivity contribution >= 4 is 50.7 Å². The molecule has 7 nitrogen and oxygen atoms in total. The Kier molecular flexibility index (Phi) is 7.83. The number of fused-ring (bicyclic) bond motifs is 1. The highest BCUT2D eigenvalue weighted by atomic mass is 35.5. The van der Waals surface area contributed by atoms with Crippen LogP contribution in [0.1, 0.15) is 22.3 Å². The number of nitrogens with zero attached hydrogens (tertiary/aromatic N) is 4. The van der Waals surface area contributed by atoms with Gasteiger partial charge in [-0.1, -0.05) is 23.5 Å². The van der Waals surface area contributed by atoms with Gasteiger partial charge >= 0.3 is 0 Å². The lowest BCUT2D eigenvalue weighted by Gasteiger charge is -2.21. The van der Waals surface area contributed by atoms with Gasteiger partial charge in [0.05, 0.1) is 9.62 Å². The molecule has 0 spiro atoms. The predicted molar refractivity (Wildman–Crippen MR) is 120 cm³/mol. The molecule has 10 heteroatoms. The molecule has 3 aromatic rings. The number of halogens is 2. The van der Waals surface area contributed by atoms with Crippen molar-refractivity contribution in [3.8, 4) is 0 Å². The summed E-state index contributed by atoms with van der Waals surface area (Å²) < 4.78 is 14.7. The van der Waals surface area contributed by atoms with Crippen molar-refractivity contribution in [2.75, 3.05) is 32.1 Å². The second-order valence-corrected chi connectivity index (χ2v) is 7.91. The van der Waals surface area contributed by atoms with Gasteiger partial charge in [0.25, 0.3) is 11.6 Å². The zero-order valence-electron chi connectivity index (χ0n) is 16.8. The maximum atomic E-state index is 14.1. The molecule has 3 rings (SSSR count). The Balaban J connectivity index is 0.00000320. The lowest BCUT2D eigenvalue weighted by atomic mass is 10.1. The molecule has 30 heavy (non-hydrogen) atoms. The van der Waals surface area contributed by atoms with E-state index in [1.165, 1.54) is 34.4 Å². The fourth-order valence-electron chi connectivity index (χ4n) is 3.05. The van der Waals surface area contributed by atoms with Crippen LogP contribution >= 0.6 is 23.7 Å². The number of anilines is 1. The van der Waals surface area contributed by atoms with Gasteiger partial charge in [0.1, 0.15) is 11.3 Å². The number of benzene rings is 2. The summed E-state index contributed by atoms with van der Waals surface area (Å²) in [5.74, 6) is -0.832. The quantitative estimate of drug-likeness (QED) is 0.384. The molecule has 2 aromatic carbocycles.